The molecular weight excluding hydrogens is 492 g/mol. The van der Waals surface area contributed by atoms with E-state index in [2.05, 4.69) is 28.3 Å². The molecule has 4 N–H and O–H groups in total. The first-order valence-corrected chi connectivity index (χ1v) is 12.6. The number of nitrogens with zero attached hydrogens (tertiary/aromatic N) is 3. The van der Waals surface area contributed by atoms with Crippen molar-refractivity contribution in [1.29, 1.82) is 5.26 Å². The van der Waals surface area contributed by atoms with E-state index >= 15 is 0 Å². The first-order chi connectivity index (χ1) is 18.9. The van der Waals surface area contributed by atoms with Gasteiger partial charge in [0.25, 0.3) is 5.91 Å². The van der Waals surface area contributed by atoms with Crippen molar-refractivity contribution in [3.63, 3.8) is 0 Å². The predicted molar refractivity (Wildman–Crippen MR) is 151 cm³/mol. The number of methoxy groups -OCH3 is 1. The number of hydrogen-bond acceptors (Lipinski definition) is 6. The smallest absolute Gasteiger partial charge is 0.255 e. The Morgan fingerprint density at radius 2 is 1.92 bits per heavy atom. The van der Waals surface area contributed by atoms with Gasteiger partial charge in [0, 0.05) is 30.5 Å². The summed E-state index contributed by atoms with van der Waals surface area (Å²) >= 11 is 0. The molecule has 2 aromatic heterocycles. The number of rotatable bonds is 7. The highest BCUT2D eigenvalue weighted by Crippen LogP contribution is 2.44. The number of nitrogens with one attached hydrogen (secondary N) is 2. The average Bonchev–Trinajstić information content (AvgIpc) is 3.24. The van der Waals surface area contributed by atoms with Gasteiger partial charge in [-0.05, 0) is 60.7 Å². The maximum Gasteiger partial charge on any atom is 0.255 e. The second kappa shape index (κ2) is 10.3. The van der Waals surface area contributed by atoms with Gasteiger partial charge < -0.3 is 25.7 Å². The lowest BCUT2D eigenvalue weighted by Gasteiger charge is -2.26. The third-order valence-corrected chi connectivity index (χ3v) is 7.15. The first-order valence-electron chi connectivity index (χ1n) is 12.6. The number of carbonyl (C=O) groups is 2. The maximum absolute atomic E-state index is 13.0. The van der Waals surface area contributed by atoms with Gasteiger partial charge in [0.05, 0.1) is 34.8 Å². The minimum absolute atomic E-state index is 0.175. The molecule has 9 heteroatoms. The Morgan fingerprint density at radius 1 is 1.21 bits per heavy atom. The van der Waals surface area contributed by atoms with Gasteiger partial charge in [-0.2, -0.15) is 5.26 Å². The van der Waals surface area contributed by atoms with Crippen LogP contribution in [0.25, 0.3) is 33.3 Å². The summed E-state index contributed by atoms with van der Waals surface area (Å²) in [7, 11) is 3.40. The summed E-state index contributed by atoms with van der Waals surface area (Å²) in [5.41, 5.74) is 11.6. The summed E-state index contributed by atoms with van der Waals surface area (Å²) in [6.45, 7) is 3.49. The number of hydrogen-bond donors (Lipinski definition) is 3. The molecule has 5 rings (SSSR count). The number of nitrogens with two attached hydrogens (primary N) is 1. The highest BCUT2D eigenvalue weighted by molar-refractivity contribution is 6.11. The summed E-state index contributed by atoms with van der Waals surface area (Å²) < 4.78 is 7.57. The summed E-state index contributed by atoms with van der Waals surface area (Å²) in [5.74, 6) is 0.227. The summed E-state index contributed by atoms with van der Waals surface area (Å²) in [5, 5.41) is 16.3. The molecule has 0 radical (unpaired) electrons. The lowest BCUT2D eigenvalue weighted by Crippen LogP contribution is -2.39. The molecule has 4 aromatic rings. The van der Waals surface area contributed by atoms with E-state index in [1.54, 1.807) is 18.2 Å². The average molecular weight is 521 g/mol. The van der Waals surface area contributed by atoms with Gasteiger partial charge in [0.2, 0.25) is 5.91 Å². The number of aromatic nitrogens is 2. The van der Waals surface area contributed by atoms with E-state index in [9.17, 15) is 14.9 Å². The number of pyridine rings is 1. The molecule has 0 bridgehead atoms. The highest BCUT2D eigenvalue weighted by atomic mass is 16.5. The summed E-state index contributed by atoms with van der Waals surface area (Å²) in [6, 6.07) is 15.2. The number of nitriles is 1. The van der Waals surface area contributed by atoms with Crippen molar-refractivity contribution < 1.29 is 14.3 Å². The van der Waals surface area contributed by atoms with Gasteiger partial charge in [0.1, 0.15) is 17.6 Å². The largest absolute Gasteiger partial charge is 0.496 e. The van der Waals surface area contributed by atoms with Crippen LogP contribution in [-0.4, -0.2) is 34.5 Å². The van der Waals surface area contributed by atoms with Crippen LogP contribution in [-0.2, 0) is 11.8 Å². The number of anilines is 2. The summed E-state index contributed by atoms with van der Waals surface area (Å²) in [4.78, 5) is 29.0. The Labute approximate surface area is 225 Å². The molecule has 0 unspecified atom stereocenters. The monoisotopic (exact) mass is 520 g/mol. The third kappa shape index (κ3) is 4.57. The quantitative estimate of drug-likeness (QED) is 0.300. The molecule has 2 heterocycles. The van der Waals surface area contributed by atoms with Gasteiger partial charge in [-0.15, -0.1) is 0 Å². The number of aryl methyl sites for hydroxylation is 1. The van der Waals surface area contributed by atoms with Crippen LogP contribution in [0.4, 0.5) is 11.5 Å². The minimum atomic E-state index is -0.306. The van der Waals surface area contributed by atoms with E-state index in [1.165, 1.54) is 19.4 Å². The van der Waals surface area contributed by atoms with Crippen molar-refractivity contribution >= 4 is 34.2 Å². The Bertz CT molecular complexity index is 1660. The molecule has 1 saturated carbocycles. The number of benzene rings is 2. The van der Waals surface area contributed by atoms with Crippen LogP contribution in [0.1, 0.15) is 35.2 Å². The lowest BCUT2D eigenvalue weighted by molar-refractivity contribution is -0.111. The zero-order valence-corrected chi connectivity index (χ0v) is 21.7. The zero-order valence-electron chi connectivity index (χ0n) is 21.7. The molecule has 9 nitrogen and oxygen atoms in total. The van der Waals surface area contributed by atoms with Crippen molar-refractivity contribution in [2.75, 3.05) is 18.2 Å². The van der Waals surface area contributed by atoms with E-state index in [4.69, 9.17) is 10.5 Å². The first kappa shape index (κ1) is 25.5. The van der Waals surface area contributed by atoms with Gasteiger partial charge in [0.15, 0.2) is 0 Å². The number of carbonyl (C=O) groups excluding carboxylic acids is 2. The predicted octanol–water partition coefficient (Wildman–Crippen LogP) is 4.78. The zero-order chi connectivity index (χ0) is 27.7. The number of fused-ring (bicyclic) bond motifs is 1. The highest BCUT2D eigenvalue weighted by Gasteiger charge is 2.26. The minimum Gasteiger partial charge on any atom is -0.496 e. The number of amides is 2. The van der Waals surface area contributed by atoms with Crippen LogP contribution in [0.3, 0.4) is 0 Å². The van der Waals surface area contributed by atoms with Crippen LogP contribution >= 0.6 is 0 Å². The molecular formula is C30H28N6O3. The van der Waals surface area contributed by atoms with Crippen molar-refractivity contribution in [3.8, 4) is 34.2 Å². The van der Waals surface area contributed by atoms with E-state index < -0.39 is 0 Å². The molecule has 0 spiro atoms. The molecule has 0 saturated heterocycles. The molecule has 1 fully saturated rings. The van der Waals surface area contributed by atoms with Gasteiger partial charge in [-0.25, -0.2) is 4.98 Å². The lowest BCUT2D eigenvalue weighted by atomic mass is 9.92. The van der Waals surface area contributed by atoms with Crippen LogP contribution in [0, 0.1) is 11.3 Å². The van der Waals surface area contributed by atoms with E-state index in [-0.39, 0.29) is 23.7 Å². The second-order valence-corrected chi connectivity index (χ2v) is 9.46. The van der Waals surface area contributed by atoms with Crippen LogP contribution in [0.15, 0.2) is 61.3 Å². The Morgan fingerprint density at radius 3 is 2.54 bits per heavy atom. The molecule has 0 atom stereocenters. The van der Waals surface area contributed by atoms with Gasteiger partial charge in [-0.1, -0.05) is 24.8 Å². The van der Waals surface area contributed by atoms with E-state index in [1.807, 2.05) is 35.9 Å². The standard InChI is InChI=1S/C30H28N6O3/c1-4-24(37)34-21-11-8-17(9-12-21)27-25(26-28(36(27)2)19(15-31)16-33-29(26)32)18-10-13-22(23(14-18)39-3)30(38)35-20-6-5-7-20/h4,8-14,16,20H,1,5-7H2,2-3H3,(H2,32,33)(H,34,37)(H,35,38). The van der Waals surface area contributed by atoms with Crippen LogP contribution < -0.4 is 21.1 Å². The fourth-order valence-corrected chi connectivity index (χ4v) is 4.96. The summed E-state index contributed by atoms with van der Waals surface area (Å²) in [6.07, 6.45) is 5.75. The fraction of sp³-hybridized carbons (Fsp3) is 0.200. The van der Waals surface area contributed by atoms with Crippen LogP contribution in [0.2, 0.25) is 0 Å². The van der Waals surface area contributed by atoms with Crippen molar-refractivity contribution in [3.05, 3.63) is 72.4 Å². The molecule has 39 heavy (non-hydrogen) atoms. The Kier molecular flexibility index (Phi) is 6.77. The SMILES string of the molecule is C=CC(=O)Nc1ccc(-c2c(-c3ccc(C(=O)NC4CCC4)c(OC)c3)c3c(N)ncc(C#N)c3n2C)cc1. The molecule has 2 amide bonds. The molecule has 0 aliphatic heterocycles. The van der Waals surface area contributed by atoms with Crippen molar-refractivity contribution in [2.45, 2.75) is 25.3 Å². The van der Waals surface area contributed by atoms with Gasteiger partial charge >= 0.3 is 0 Å². The topological polar surface area (TPSA) is 135 Å². The third-order valence-electron chi connectivity index (χ3n) is 7.15. The Hall–Kier alpha value is -5.10. The Balaban J connectivity index is 1.70. The molecule has 196 valence electrons. The van der Waals surface area contributed by atoms with Gasteiger partial charge in [-0.3, -0.25) is 9.59 Å². The second-order valence-electron chi connectivity index (χ2n) is 9.46. The number of ether oxygens (including phenoxy) is 1. The number of nitrogen functional groups attached to an aromatic ring is 1. The van der Waals surface area contributed by atoms with Crippen molar-refractivity contribution in [1.82, 2.24) is 14.9 Å². The fourth-order valence-electron chi connectivity index (χ4n) is 4.96. The van der Waals surface area contributed by atoms with E-state index in [0.29, 0.717) is 33.5 Å². The van der Waals surface area contributed by atoms with Crippen molar-refractivity contribution in [2.24, 2.45) is 7.05 Å². The normalized spacial score (nSPS) is 12.8. The maximum atomic E-state index is 13.0. The molecule has 1 aliphatic carbocycles. The van der Waals surface area contributed by atoms with E-state index in [0.717, 1.165) is 41.6 Å². The van der Waals surface area contributed by atoms with Crippen LogP contribution in [0.5, 0.6) is 5.75 Å². The molecule has 2 aromatic carbocycles. The molecule has 1 aliphatic rings.